The van der Waals surface area contributed by atoms with Crippen molar-refractivity contribution in [2.24, 2.45) is 4.99 Å². The van der Waals surface area contributed by atoms with Gasteiger partial charge in [0.25, 0.3) is 0 Å². The van der Waals surface area contributed by atoms with Crippen molar-refractivity contribution < 1.29 is 18.0 Å². The number of benzene rings is 1. The van der Waals surface area contributed by atoms with Gasteiger partial charge in [-0.25, -0.2) is 4.39 Å². The summed E-state index contributed by atoms with van der Waals surface area (Å²) in [5, 5.41) is 0. The molecule has 1 aromatic rings. The van der Waals surface area contributed by atoms with E-state index in [4.69, 9.17) is 9.05 Å². The SMILES string of the molecule is CCOP(=O)(CN=Cc1ccc(F)cc1)OCC. The van der Waals surface area contributed by atoms with E-state index >= 15 is 0 Å². The normalized spacial score (nSPS) is 12.2. The first-order valence-electron chi connectivity index (χ1n) is 5.73. The van der Waals surface area contributed by atoms with Crippen LogP contribution in [0.25, 0.3) is 0 Å². The van der Waals surface area contributed by atoms with E-state index in [0.717, 1.165) is 5.56 Å². The summed E-state index contributed by atoms with van der Waals surface area (Å²) in [6, 6.07) is 5.86. The fourth-order valence-corrected chi connectivity index (χ4v) is 2.61. The van der Waals surface area contributed by atoms with Crippen molar-refractivity contribution in [3.05, 3.63) is 35.6 Å². The van der Waals surface area contributed by atoms with Gasteiger partial charge in [-0.2, -0.15) is 0 Å². The van der Waals surface area contributed by atoms with Crippen LogP contribution in [0.2, 0.25) is 0 Å². The zero-order valence-electron chi connectivity index (χ0n) is 10.5. The lowest BCUT2D eigenvalue weighted by molar-refractivity contribution is 0.221. The van der Waals surface area contributed by atoms with Gasteiger partial charge < -0.3 is 9.05 Å². The predicted octanol–water partition coefficient (Wildman–Crippen LogP) is 3.47. The molecule has 0 heterocycles. The average Bonchev–Trinajstić information content (AvgIpc) is 2.32. The molecule has 0 aliphatic carbocycles. The Morgan fingerprint density at radius 1 is 1.22 bits per heavy atom. The van der Waals surface area contributed by atoms with Crippen molar-refractivity contribution in [1.29, 1.82) is 0 Å². The van der Waals surface area contributed by atoms with Gasteiger partial charge in [0, 0.05) is 6.21 Å². The van der Waals surface area contributed by atoms with Crippen LogP contribution < -0.4 is 0 Å². The first kappa shape index (κ1) is 15.0. The molecule has 0 spiro atoms. The lowest BCUT2D eigenvalue weighted by Crippen LogP contribution is -1.99. The van der Waals surface area contributed by atoms with Gasteiger partial charge in [-0.05, 0) is 31.5 Å². The molecule has 0 radical (unpaired) electrons. The predicted molar refractivity (Wildman–Crippen MR) is 69.7 cm³/mol. The first-order chi connectivity index (χ1) is 8.59. The quantitative estimate of drug-likeness (QED) is 0.564. The molecular formula is C12H17FNO3P. The molecule has 0 saturated carbocycles. The Kier molecular flexibility index (Phi) is 6.19. The van der Waals surface area contributed by atoms with E-state index < -0.39 is 7.60 Å². The van der Waals surface area contributed by atoms with E-state index in [9.17, 15) is 8.96 Å². The third-order valence-electron chi connectivity index (χ3n) is 2.02. The van der Waals surface area contributed by atoms with E-state index in [1.54, 1.807) is 26.0 Å². The fourth-order valence-electron chi connectivity index (χ4n) is 1.31. The Balaban J connectivity index is 2.61. The van der Waals surface area contributed by atoms with E-state index in [0.29, 0.717) is 13.2 Å². The van der Waals surface area contributed by atoms with Crippen molar-refractivity contribution in [1.82, 2.24) is 0 Å². The maximum atomic E-state index is 12.7. The van der Waals surface area contributed by atoms with E-state index in [1.165, 1.54) is 18.3 Å². The minimum Gasteiger partial charge on any atom is -0.308 e. The Morgan fingerprint density at radius 2 is 1.78 bits per heavy atom. The minimum absolute atomic E-state index is 0.0357. The summed E-state index contributed by atoms with van der Waals surface area (Å²) >= 11 is 0. The highest BCUT2D eigenvalue weighted by Crippen LogP contribution is 2.47. The Bertz CT molecular complexity index is 423. The molecule has 4 nitrogen and oxygen atoms in total. The summed E-state index contributed by atoms with van der Waals surface area (Å²) in [5.41, 5.74) is 0.732. The molecule has 1 aromatic carbocycles. The maximum absolute atomic E-state index is 12.7. The van der Waals surface area contributed by atoms with Crippen LogP contribution in [0.5, 0.6) is 0 Å². The van der Waals surface area contributed by atoms with Gasteiger partial charge >= 0.3 is 7.60 Å². The van der Waals surface area contributed by atoms with Gasteiger partial charge in [0.2, 0.25) is 0 Å². The number of nitrogens with zero attached hydrogens (tertiary/aromatic N) is 1. The summed E-state index contributed by atoms with van der Waals surface area (Å²) in [6.07, 6.45) is 1.48. The number of halogens is 1. The van der Waals surface area contributed by atoms with Crippen molar-refractivity contribution >= 4 is 13.8 Å². The topological polar surface area (TPSA) is 47.9 Å². The molecule has 6 heteroatoms. The van der Waals surface area contributed by atoms with Crippen molar-refractivity contribution in [2.75, 3.05) is 19.5 Å². The standard InChI is InChI=1S/C12H17FNO3P/c1-3-16-18(15,17-4-2)10-14-9-11-5-7-12(13)8-6-11/h5-9H,3-4,10H2,1-2H3. The zero-order valence-corrected chi connectivity index (χ0v) is 11.4. The average molecular weight is 273 g/mol. The second-order valence-electron chi connectivity index (χ2n) is 3.45. The second-order valence-corrected chi connectivity index (χ2v) is 5.47. The van der Waals surface area contributed by atoms with Crippen molar-refractivity contribution in [3.8, 4) is 0 Å². The smallest absolute Gasteiger partial charge is 0.308 e. The highest BCUT2D eigenvalue weighted by atomic mass is 31.2. The van der Waals surface area contributed by atoms with Gasteiger partial charge in [-0.1, -0.05) is 12.1 Å². The van der Waals surface area contributed by atoms with Crippen LogP contribution in [0.3, 0.4) is 0 Å². The van der Waals surface area contributed by atoms with Crippen molar-refractivity contribution in [2.45, 2.75) is 13.8 Å². The maximum Gasteiger partial charge on any atom is 0.351 e. The Morgan fingerprint density at radius 3 is 2.28 bits per heavy atom. The van der Waals surface area contributed by atoms with Crippen LogP contribution in [-0.4, -0.2) is 25.7 Å². The molecule has 0 N–H and O–H groups in total. The number of hydrogen-bond acceptors (Lipinski definition) is 4. The van der Waals surface area contributed by atoms with Gasteiger partial charge in [-0.3, -0.25) is 9.56 Å². The van der Waals surface area contributed by atoms with Crippen LogP contribution in [0.1, 0.15) is 19.4 Å². The van der Waals surface area contributed by atoms with E-state index in [2.05, 4.69) is 4.99 Å². The lowest BCUT2D eigenvalue weighted by atomic mass is 10.2. The van der Waals surface area contributed by atoms with Crippen LogP contribution in [0.4, 0.5) is 4.39 Å². The molecule has 0 aliphatic rings. The summed E-state index contributed by atoms with van der Waals surface area (Å²) < 4.78 is 34.9. The van der Waals surface area contributed by atoms with Crippen molar-refractivity contribution in [3.63, 3.8) is 0 Å². The first-order valence-corrected chi connectivity index (χ1v) is 7.46. The molecule has 100 valence electrons. The van der Waals surface area contributed by atoms with Gasteiger partial charge in [-0.15, -0.1) is 0 Å². The van der Waals surface area contributed by atoms with Crippen LogP contribution in [-0.2, 0) is 13.6 Å². The molecule has 0 saturated heterocycles. The zero-order chi connectivity index (χ0) is 13.4. The summed E-state index contributed by atoms with van der Waals surface area (Å²) in [4.78, 5) is 4.02. The van der Waals surface area contributed by atoms with Crippen LogP contribution in [0.15, 0.2) is 29.3 Å². The molecule has 0 atom stereocenters. The largest absolute Gasteiger partial charge is 0.351 e. The number of rotatable bonds is 7. The molecule has 1 rings (SSSR count). The van der Waals surface area contributed by atoms with E-state index in [-0.39, 0.29) is 12.1 Å². The fraction of sp³-hybridized carbons (Fsp3) is 0.417. The summed E-state index contributed by atoms with van der Waals surface area (Å²) in [7, 11) is -3.14. The second kappa shape index (κ2) is 7.41. The summed E-state index contributed by atoms with van der Waals surface area (Å²) in [6.45, 7) is 4.11. The Labute approximate surface area is 106 Å². The Hall–Kier alpha value is -1.03. The molecule has 0 bridgehead atoms. The third kappa shape index (κ3) is 5.08. The molecule has 0 aliphatic heterocycles. The molecule has 0 fully saturated rings. The molecule has 0 amide bonds. The molecular weight excluding hydrogens is 256 g/mol. The highest BCUT2D eigenvalue weighted by Gasteiger charge is 2.22. The molecule has 18 heavy (non-hydrogen) atoms. The molecule has 0 aromatic heterocycles. The monoisotopic (exact) mass is 273 g/mol. The summed E-state index contributed by atoms with van der Waals surface area (Å²) in [5.74, 6) is -0.304. The number of hydrogen-bond donors (Lipinski definition) is 0. The third-order valence-corrected chi connectivity index (χ3v) is 3.83. The van der Waals surface area contributed by atoms with Crippen LogP contribution in [0, 0.1) is 5.82 Å². The minimum atomic E-state index is -3.14. The van der Waals surface area contributed by atoms with Gasteiger partial charge in [0.15, 0.2) is 0 Å². The van der Waals surface area contributed by atoms with Gasteiger partial charge in [0.05, 0.1) is 13.2 Å². The van der Waals surface area contributed by atoms with Gasteiger partial charge in [0.1, 0.15) is 12.1 Å². The lowest BCUT2D eigenvalue weighted by Gasteiger charge is -2.14. The number of aliphatic imine (C=N–C) groups is 1. The van der Waals surface area contributed by atoms with Crippen LogP contribution >= 0.6 is 7.60 Å². The van der Waals surface area contributed by atoms with E-state index in [1.807, 2.05) is 0 Å². The molecule has 0 unspecified atom stereocenters. The highest BCUT2D eigenvalue weighted by molar-refractivity contribution is 7.53.